The SMILES string of the molecule is CCc1cnc(C(C)NC(C)c2nccs2)s1. The van der Waals surface area contributed by atoms with Gasteiger partial charge < -0.3 is 0 Å². The number of nitrogens with one attached hydrogen (secondary N) is 1. The molecule has 0 aliphatic carbocycles. The van der Waals surface area contributed by atoms with Gasteiger partial charge in [-0.15, -0.1) is 22.7 Å². The molecule has 1 N–H and O–H groups in total. The summed E-state index contributed by atoms with van der Waals surface area (Å²) in [5.41, 5.74) is 0. The first-order valence-electron chi connectivity index (χ1n) is 5.80. The monoisotopic (exact) mass is 267 g/mol. The molecule has 0 bridgehead atoms. The van der Waals surface area contributed by atoms with Crippen LogP contribution in [-0.2, 0) is 6.42 Å². The summed E-state index contributed by atoms with van der Waals surface area (Å²) in [4.78, 5) is 10.1. The lowest BCUT2D eigenvalue weighted by atomic mass is 10.3. The molecule has 0 amide bonds. The second-order valence-corrected chi connectivity index (χ2v) is 6.07. The molecule has 0 fully saturated rings. The highest BCUT2D eigenvalue weighted by Gasteiger charge is 2.15. The number of rotatable bonds is 5. The van der Waals surface area contributed by atoms with Crippen LogP contribution < -0.4 is 5.32 Å². The Bertz CT molecular complexity index is 450. The minimum Gasteiger partial charge on any atom is -0.299 e. The quantitative estimate of drug-likeness (QED) is 0.900. The normalized spacial score (nSPS) is 14.8. The van der Waals surface area contributed by atoms with Crippen molar-refractivity contribution in [3.63, 3.8) is 0 Å². The standard InChI is InChI=1S/C12H17N3S2/c1-4-10-7-14-12(17-10)9(3)15-8(2)11-13-5-6-16-11/h5-9,15H,4H2,1-3H3. The van der Waals surface area contributed by atoms with Gasteiger partial charge in [-0.1, -0.05) is 6.92 Å². The van der Waals surface area contributed by atoms with Crippen LogP contribution in [0, 0.1) is 0 Å². The zero-order chi connectivity index (χ0) is 12.3. The van der Waals surface area contributed by atoms with Gasteiger partial charge in [-0.3, -0.25) is 5.32 Å². The molecule has 92 valence electrons. The molecule has 0 aliphatic heterocycles. The molecule has 2 heterocycles. The molecule has 2 aromatic rings. The van der Waals surface area contributed by atoms with Gasteiger partial charge in [0.05, 0.1) is 12.1 Å². The van der Waals surface area contributed by atoms with Crippen LogP contribution >= 0.6 is 22.7 Å². The van der Waals surface area contributed by atoms with Gasteiger partial charge in [0.15, 0.2) is 0 Å². The molecular formula is C12H17N3S2. The van der Waals surface area contributed by atoms with Gasteiger partial charge in [-0.25, -0.2) is 9.97 Å². The van der Waals surface area contributed by atoms with Crippen LogP contribution in [0.2, 0.25) is 0 Å². The summed E-state index contributed by atoms with van der Waals surface area (Å²) in [6.07, 6.45) is 4.89. The topological polar surface area (TPSA) is 37.8 Å². The van der Waals surface area contributed by atoms with Crippen molar-refractivity contribution >= 4 is 22.7 Å². The van der Waals surface area contributed by atoms with Gasteiger partial charge in [0.25, 0.3) is 0 Å². The lowest BCUT2D eigenvalue weighted by molar-refractivity contribution is 0.491. The molecular weight excluding hydrogens is 250 g/mol. The maximum absolute atomic E-state index is 4.46. The molecule has 0 radical (unpaired) electrons. The third-order valence-electron chi connectivity index (χ3n) is 2.61. The van der Waals surface area contributed by atoms with E-state index < -0.39 is 0 Å². The van der Waals surface area contributed by atoms with E-state index >= 15 is 0 Å². The molecule has 0 spiro atoms. The fourth-order valence-electron chi connectivity index (χ4n) is 1.65. The van der Waals surface area contributed by atoms with Crippen molar-refractivity contribution in [2.24, 2.45) is 0 Å². The summed E-state index contributed by atoms with van der Waals surface area (Å²) in [5.74, 6) is 0. The Morgan fingerprint density at radius 2 is 2.00 bits per heavy atom. The van der Waals surface area contributed by atoms with E-state index in [9.17, 15) is 0 Å². The van der Waals surface area contributed by atoms with Crippen LogP contribution in [0.15, 0.2) is 17.8 Å². The molecule has 0 saturated carbocycles. The van der Waals surface area contributed by atoms with E-state index in [0.717, 1.165) is 16.4 Å². The smallest absolute Gasteiger partial charge is 0.109 e. The Kier molecular flexibility index (Phi) is 4.25. The first-order chi connectivity index (χ1) is 8.20. The number of aryl methyl sites for hydroxylation is 1. The Labute approximate surface area is 110 Å². The van der Waals surface area contributed by atoms with E-state index in [2.05, 4.69) is 36.1 Å². The lowest BCUT2D eigenvalue weighted by Crippen LogP contribution is -2.22. The van der Waals surface area contributed by atoms with Crippen molar-refractivity contribution in [2.75, 3.05) is 0 Å². The first kappa shape index (κ1) is 12.7. The predicted octanol–water partition coefficient (Wildman–Crippen LogP) is 3.57. The van der Waals surface area contributed by atoms with Crippen molar-refractivity contribution in [1.82, 2.24) is 15.3 Å². The zero-order valence-electron chi connectivity index (χ0n) is 10.3. The van der Waals surface area contributed by atoms with E-state index in [4.69, 9.17) is 0 Å². The number of aromatic nitrogens is 2. The van der Waals surface area contributed by atoms with Crippen LogP contribution in [0.1, 0.15) is 47.7 Å². The van der Waals surface area contributed by atoms with Crippen molar-refractivity contribution in [2.45, 2.75) is 39.3 Å². The Hall–Kier alpha value is -0.780. The van der Waals surface area contributed by atoms with Crippen molar-refractivity contribution in [3.8, 4) is 0 Å². The van der Waals surface area contributed by atoms with E-state index in [0.29, 0.717) is 0 Å². The second kappa shape index (κ2) is 5.71. The number of thiazole rings is 2. The number of hydrogen-bond donors (Lipinski definition) is 1. The van der Waals surface area contributed by atoms with Crippen molar-refractivity contribution in [3.05, 3.63) is 32.7 Å². The van der Waals surface area contributed by atoms with Gasteiger partial charge in [0.2, 0.25) is 0 Å². The molecule has 2 unspecified atom stereocenters. The number of nitrogens with zero attached hydrogens (tertiary/aromatic N) is 2. The van der Waals surface area contributed by atoms with Crippen LogP contribution in [0.25, 0.3) is 0 Å². The van der Waals surface area contributed by atoms with Crippen LogP contribution in [0.3, 0.4) is 0 Å². The van der Waals surface area contributed by atoms with Gasteiger partial charge >= 0.3 is 0 Å². The van der Waals surface area contributed by atoms with Crippen molar-refractivity contribution < 1.29 is 0 Å². The zero-order valence-corrected chi connectivity index (χ0v) is 11.9. The molecule has 2 atom stereocenters. The van der Waals surface area contributed by atoms with Gasteiger partial charge in [-0.2, -0.15) is 0 Å². The minimum absolute atomic E-state index is 0.277. The van der Waals surface area contributed by atoms with Crippen LogP contribution in [-0.4, -0.2) is 9.97 Å². The summed E-state index contributed by atoms with van der Waals surface area (Å²) in [6.45, 7) is 6.46. The first-order valence-corrected chi connectivity index (χ1v) is 7.50. The van der Waals surface area contributed by atoms with Crippen molar-refractivity contribution in [1.29, 1.82) is 0 Å². The largest absolute Gasteiger partial charge is 0.299 e. The Morgan fingerprint density at radius 1 is 1.24 bits per heavy atom. The van der Waals surface area contributed by atoms with Gasteiger partial charge in [0.1, 0.15) is 10.0 Å². The second-order valence-electron chi connectivity index (χ2n) is 4.00. The molecule has 2 aromatic heterocycles. The predicted molar refractivity (Wildman–Crippen MR) is 73.6 cm³/mol. The Balaban J connectivity index is 1.99. The fraction of sp³-hybridized carbons (Fsp3) is 0.500. The average molecular weight is 267 g/mol. The van der Waals surface area contributed by atoms with Crippen LogP contribution in [0.4, 0.5) is 0 Å². The molecule has 2 rings (SSSR count). The molecule has 5 heteroatoms. The molecule has 3 nitrogen and oxygen atoms in total. The van der Waals surface area contributed by atoms with E-state index in [1.54, 1.807) is 22.7 Å². The summed E-state index contributed by atoms with van der Waals surface area (Å²) in [6, 6.07) is 0.554. The maximum Gasteiger partial charge on any atom is 0.109 e. The fourth-order valence-corrected chi connectivity index (χ4v) is 3.18. The molecule has 0 aromatic carbocycles. The molecule has 17 heavy (non-hydrogen) atoms. The number of hydrogen-bond acceptors (Lipinski definition) is 5. The summed E-state index contributed by atoms with van der Waals surface area (Å²) in [7, 11) is 0. The van der Waals surface area contributed by atoms with E-state index in [1.807, 2.05) is 17.8 Å². The van der Waals surface area contributed by atoms with Gasteiger partial charge in [-0.05, 0) is 20.3 Å². The minimum atomic E-state index is 0.277. The molecule has 0 aliphatic rings. The average Bonchev–Trinajstić information content (AvgIpc) is 3.00. The molecule has 0 saturated heterocycles. The summed E-state index contributed by atoms with van der Waals surface area (Å²) in [5, 5.41) is 7.83. The van der Waals surface area contributed by atoms with Gasteiger partial charge in [0, 0.05) is 22.7 Å². The van der Waals surface area contributed by atoms with Crippen LogP contribution in [0.5, 0.6) is 0 Å². The third-order valence-corrected chi connectivity index (χ3v) is 4.89. The summed E-state index contributed by atoms with van der Waals surface area (Å²) < 4.78 is 0. The highest BCUT2D eigenvalue weighted by molar-refractivity contribution is 7.11. The highest BCUT2D eigenvalue weighted by Crippen LogP contribution is 2.24. The highest BCUT2D eigenvalue weighted by atomic mass is 32.1. The third kappa shape index (κ3) is 3.12. The lowest BCUT2D eigenvalue weighted by Gasteiger charge is -2.16. The van der Waals surface area contributed by atoms with E-state index in [1.165, 1.54) is 4.88 Å². The maximum atomic E-state index is 4.46. The summed E-state index contributed by atoms with van der Waals surface area (Å²) >= 11 is 3.48. The van der Waals surface area contributed by atoms with E-state index in [-0.39, 0.29) is 12.1 Å². The Morgan fingerprint density at radius 3 is 2.59 bits per heavy atom.